The Bertz CT molecular complexity index is 400. The van der Waals surface area contributed by atoms with Crippen LogP contribution < -0.4 is 0 Å². The zero-order valence-corrected chi connectivity index (χ0v) is 12.7. The van der Waals surface area contributed by atoms with Crippen LogP contribution in [0.3, 0.4) is 0 Å². The Morgan fingerprint density at radius 2 is 2.00 bits per heavy atom. The second-order valence-corrected chi connectivity index (χ2v) is 8.36. The SMILES string of the molecule is CC(=O)CC(C)(C)CC1CCCN(S(C)(=O)=O)C1. The van der Waals surface area contributed by atoms with Crippen molar-refractivity contribution in [1.82, 2.24) is 4.31 Å². The summed E-state index contributed by atoms with van der Waals surface area (Å²) < 4.78 is 24.7. The number of nitrogens with zero attached hydrogens (tertiary/aromatic N) is 1. The van der Waals surface area contributed by atoms with Gasteiger partial charge in [-0.2, -0.15) is 0 Å². The van der Waals surface area contributed by atoms with Gasteiger partial charge in [0, 0.05) is 19.5 Å². The fourth-order valence-electron chi connectivity index (χ4n) is 3.02. The predicted molar refractivity (Wildman–Crippen MR) is 72.8 cm³/mol. The smallest absolute Gasteiger partial charge is 0.211 e. The lowest BCUT2D eigenvalue weighted by atomic mass is 9.77. The van der Waals surface area contributed by atoms with Gasteiger partial charge in [0.05, 0.1) is 6.26 Å². The lowest BCUT2D eigenvalue weighted by molar-refractivity contribution is -0.119. The fourth-order valence-corrected chi connectivity index (χ4v) is 3.96. The number of rotatable bonds is 5. The molecular weight excluding hydrogens is 250 g/mol. The van der Waals surface area contributed by atoms with Crippen LogP contribution >= 0.6 is 0 Å². The number of carbonyl (C=O) groups is 1. The van der Waals surface area contributed by atoms with E-state index < -0.39 is 10.0 Å². The first-order valence-electron chi connectivity index (χ1n) is 6.55. The van der Waals surface area contributed by atoms with E-state index in [2.05, 4.69) is 13.8 Å². The Labute approximate surface area is 111 Å². The number of carbonyl (C=O) groups excluding carboxylic acids is 1. The summed E-state index contributed by atoms with van der Waals surface area (Å²) in [5, 5.41) is 0. The van der Waals surface area contributed by atoms with Crippen LogP contribution in [0.25, 0.3) is 0 Å². The summed E-state index contributed by atoms with van der Waals surface area (Å²) in [4.78, 5) is 11.2. The van der Waals surface area contributed by atoms with Crippen LogP contribution in [0.1, 0.15) is 46.5 Å². The molecule has 0 spiro atoms. The monoisotopic (exact) mass is 275 g/mol. The van der Waals surface area contributed by atoms with Crippen molar-refractivity contribution in [3.63, 3.8) is 0 Å². The predicted octanol–water partition coefficient (Wildman–Crippen LogP) is 2.05. The maximum absolute atomic E-state index is 11.5. The van der Waals surface area contributed by atoms with Crippen LogP contribution in [0.4, 0.5) is 0 Å². The average Bonchev–Trinajstić information content (AvgIpc) is 2.13. The van der Waals surface area contributed by atoms with E-state index in [1.807, 2.05) is 0 Å². The van der Waals surface area contributed by atoms with Crippen LogP contribution in [0.15, 0.2) is 0 Å². The molecule has 1 fully saturated rings. The van der Waals surface area contributed by atoms with Crippen molar-refractivity contribution in [1.29, 1.82) is 0 Å². The van der Waals surface area contributed by atoms with E-state index in [1.165, 1.54) is 6.26 Å². The summed E-state index contributed by atoms with van der Waals surface area (Å²) in [7, 11) is -3.07. The Balaban J connectivity index is 2.60. The largest absolute Gasteiger partial charge is 0.300 e. The van der Waals surface area contributed by atoms with Crippen molar-refractivity contribution in [3.05, 3.63) is 0 Å². The molecule has 0 saturated carbocycles. The first kappa shape index (κ1) is 15.6. The lowest BCUT2D eigenvalue weighted by Gasteiger charge is -2.35. The average molecular weight is 275 g/mol. The topological polar surface area (TPSA) is 54.5 Å². The molecule has 0 amide bonds. The molecule has 1 atom stereocenters. The number of ketones is 1. The minimum atomic E-state index is -3.07. The zero-order chi connectivity index (χ0) is 14.0. The molecule has 106 valence electrons. The highest BCUT2D eigenvalue weighted by Crippen LogP contribution is 2.34. The van der Waals surface area contributed by atoms with Gasteiger partial charge in [0.2, 0.25) is 10.0 Å². The van der Waals surface area contributed by atoms with Crippen molar-refractivity contribution in [2.24, 2.45) is 11.3 Å². The minimum absolute atomic E-state index is 0.0307. The molecule has 0 aromatic heterocycles. The Morgan fingerprint density at radius 1 is 1.39 bits per heavy atom. The van der Waals surface area contributed by atoms with Gasteiger partial charge in [-0.05, 0) is 37.5 Å². The van der Waals surface area contributed by atoms with Gasteiger partial charge in [-0.25, -0.2) is 12.7 Å². The molecule has 1 unspecified atom stereocenters. The molecule has 0 aromatic rings. The quantitative estimate of drug-likeness (QED) is 0.771. The molecule has 0 bridgehead atoms. The fraction of sp³-hybridized carbons (Fsp3) is 0.923. The molecule has 5 heteroatoms. The molecule has 0 aliphatic carbocycles. The van der Waals surface area contributed by atoms with Crippen molar-refractivity contribution in [3.8, 4) is 0 Å². The second-order valence-electron chi connectivity index (χ2n) is 6.38. The molecule has 0 radical (unpaired) electrons. The first-order chi connectivity index (χ1) is 8.10. The highest BCUT2D eigenvalue weighted by atomic mass is 32.2. The number of hydrogen-bond donors (Lipinski definition) is 0. The van der Waals surface area contributed by atoms with Crippen LogP contribution in [-0.4, -0.2) is 37.9 Å². The number of hydrogen-bond acceptors (Lipinski definition) is 3. The molecule has 1 saturated heterocycles. The number of sulfonamides is 1. The summed E-state index contributed by atoms with van der Waals surface area (Å²) >= 11 is 0. The van der Waals surface area contributed by atoms with Crippen molar-refractivity contribution in [2.45, 2.75) is 46.5 Å². The normalized spacial score (nSPS) is 23.0. The van der Waals surface area contributed by atoms with E-state index >= 15 is 0 Å². The van der Waals surface area contributed by atoms with Gasteiger partial charge in [-0.3, -0.25) is 0 Å². The maximum Gasteiger partial charge on any atom is 0.211 e. The van der Waals surface area contributed by atoms with Gasteiger partial charge in [-0.1, -0.05) is 13.8 Å². The molecule has 0 N–H and O–H groups in total. The van der Waals surface area contributed by atoms with Crippen molar-refractivity contribution < 1.29 is 13.2 Å². The summed E-state index contributed by atoms with van der Waals surface area (Å²) in [5.41, 5.74) is -0.0307. The molecular formula is C13H25NO3S. The molecule has 1 aliphatic heterocycles. The van der Waals surface area contributed by atoms with E-state index in [9.17, 15) is 13.2 Å². The van der Waals surface area contributed by atoms with E-state index in [1.54, 1.807) is 11.2 Å². The third kappa shape index (κ3) is 5.06. The van der Waals surface area contributed by atoms with E-state index in [-0.39, 0.29) is 11.2 Å². The van der Waals surface area contributed by atoms with Gasteiger partial charge in [0.15, 0.2) is 0 Å². The molecule has 0 aromatic carbocycles. The van der Waals surface area contributed by atoms with Crippen molar-refractivity contribution >= 4 is 15.8 Å². The Morgan fingerprint density at radius 3 is 2.50 bits per heavy atom. The van der Waals surface area contributed by atoms with E-state index in [0.717, 1.165) is 19.3 Å². The highest BCUT2D eigenvalue weighted by molar-refractivity contribution is 7.88. The number of Topliss-reactive ketones (excluding diaryl/α,β-unsaturated/α-hetero) is 1. The zero-order valence-electron chi connectivity index (χ0n) is 11.9. The molecule has 1 rings (SSSR count). The van der Waals surface area contributed by atoms with E-state index in [4.69, 9.17) is 0 Å². The summed E-state index contributed by atoms with van der Waals surface area (Å²) in [6.45, 7) is 7.05. The molecule has 18 heavy (non-hydrogen) atoms. The summed E-state index contributed by atoms with van der Waals surface area (Å²) in [6, 6.07) is 0. The lowest BCUT2D eigenvalue weighted by Crippen LogP contribution is -2.40. The molecule has 1 heterocycles. The summed E-state index contributed by atoms with van der Waals surface area (Å²) in [6.07, 6.45) is 4.75. The van der Waals surface area contributed by atoms with Gasteiger partial charge in [0.25, 0.3) is 0 Å². The van der Waals surface area contributed by atoms with Gasteiger partial charge >= 0.3 is 0 Å². The van der Waals surface area contributed by atoms with Crippen LogP contribution in [0, 0.1) is 11.3 Å². The molecule has 4 nitrogen and oxygen atoms in total. The van der Waals surface area contributed by atoms with Gasteiger partial charge < -0.3 is 4.79 Å². The summed E-state index contributed by atoms with van der Waals surface area (Å²) in [5.74, 6) is 0.582. The number of piperidine rings is 1. The van der Waals surface area contributed by atoms with Crippen molar-refractivity contribution in [2.75, 3.05) is 19.3 Å². The van der Waals surface area contributed by atoms with Gasteiger partial charge in [0.1, 0.15) is 5.78 Å². The standard InChI is InChI=1S/C13H25NO3S/c1-11(15)8-13(2,3)9-12-6-5-7-14(10-12)18(4,16)17/h12H,5-10H2,1-4H3. The highest BCUT2D eigenvalue weighted by Gasteiger charge is 2.30. The second kappa shape index (κ2) is 5.70. The van der Waals surface area contributed by atoms with Crippen LogP contribution in [-0.2, 0) is 14.8 Å². The minimum Gasteiger partial charge on any atom is -0.300 e. The Kier molecular flexibility index (Phi) is 4.95. The maximum atomic E-state index is 11.5. The van der Waals surface area contributed by atoms with Crippen LogP contribution in [0.2, 0.25) is 0 Å². The third-order valence-electron chi connectivity index (χ3n) is 3.52. The third-order valence-corrected chi connectivity index (χ3v) is 4.79. The first-order valence-corrected chi connectivity index (χ1v) is 8.39. The van der Waals surface area contributed by atoms with Crippen LogP contribution in [0.5, 0.6) is 0 Å². The van der Waals surface area contributed by atoms with Gasteiger partial charge in [-0.15, -0.1) is 0 Å². The van der Waals surface area contributed by atoms with E-state index in [0.29, 0.717) is 25.4 Å². The molecule has 1 aliphatic rings. The Hall–Kier alpha value is -0.420.